The van der Waals surface area contributed by atoms with Gasteiger partial charge in [-0.2, -0.15) is 0 Å². The Balaban J connectivity index is 0.763. The number of carbonyl (C=O) groups excluding carboxylic acids is 13. The molecule has 7 rings (SSSR count). The number of aliphatic hydroxyl groups excluding tert-OH is 1. The van der Waals surface area contributed by atoms with Crippen LogP contribution in [0.4, 0.5) is 28.8 Å². The van der Waals surface area contributed by atoms with E-state index in [1.165, 1.54) is 63.2 Å². The van der Waals surface area contributed by atoms with Crippen molar-refractivity contribution >= 4 is 105 Å². The number of Topliss-reactive ketones (excluding diaryl/α,β-unsaturated/α-hetero) is 5. The summed E-state index contributed by atoms with van der Waals surface area (Å²) in [6.45, 7) is 0.565. The largest absolute Gasteiger partial charge is 0.389 e. The number of rotatable bonds is 43. The van der Waals surface area contributed by atoms with E-state index < -0.39 is 48.0 Å². The van der Waals surface area contributed by atoms with Gasteiger partial charge in [0, 0.05) is 175 Å². The van der Waals surface area contributed by atoms with Gasteiger partial charge in [0.2, 0.25) is 41.1 Å². The lowest BCUT2D eigenvalue weighted by Gasteiger charge is -2.08. The van der Waals surface area contributed by atoms with Gasteiger partial charge in [-0.25, -0.2) is 15.0 Å². The zero-order chi connectivity index (χ0) is 74.9. The van der Waals surface area contributed by atoms with Crippen LogP contribution in [0.1, 0.15) is 188 Å². The number of hydrogen-bond acceptors (Lipinski definition) is 18. The van der Waals surface area contributed by atoms with Crippen LogP contribution in [0, 0.1) is 0 Å². The van der Waals surface area contributed by atoms with E-state index >= 15 is 0 Å². The molecule has 8 amide bonds. The van der Waals surface area contributed by atoms with Gasteiger partial charge in [0.05, 0.1) is 17.1 Å². The van der Waals surface area contributed by atoms with E-state index in [9.17, 15) is 62.3 Å². The minimum Gasteiger partial charge on any atom is -0.389 e. The molecule has 6 aromatic heterocycles. The fraction of sp³-hybridized carbons (Fsp3) is 0.437. The van der Waals surface area contributed by atoms with E-state index in [1.807, 2.05) is 14.1 Å². The second-order valence-electron chi connectivity index (χ2n) is 25.6. The zero-order valence-electron chi connectivity index (χ0n) is 59.5. The van der Waals surface area contributed by atoms with Gasteiger partial charge in [-0.05, 0) is 113 Å². The Labute approximate surface area is 595 Å². The average Bonchev–Trinajstić information content (AvgIpc) is 1.61. The monoisotopic (exact) mass is 1420 g/mol. The van der Waals surface area contributed by atoms with Crippen LogP contribution in [0.3, 0.4) is 0 Å². The van der Waals surface area contributed by atoms with Crippen molar-refractivity contribution in [2.24, 2.45) is 42.3 Å². The van der Waals surface area contributed by atoms with E-state index in [1.54, 1.807) is 86.1 Å². The Morgan fingerprint density at radius 2 is 0.864 bits per heavy atom. The van der Waals surface area contributed by atoms with E-state index in [-0.39, 0.29) is 146 Å². The minimum absolute atomic E-state index is 0.00197. The molecule has 0 saturated carbocycles. The molecule has 0 atom stereocenters. The van der Waals surface area contributed by atoms with Crippen LogP contribution in [-0.4, -0.2) is 175 Å². The maximum absolute atomic E-state index is 13.5. The van der Waals surface area contributed by atoms with Gasteiger partial charge in [0.15, 0.2) is 40.6 Å². The summed E-state index contributed by atoms with van der Waals surface area (Å²) in [7, 11) is 13.7. The predicted molar refractivity (Wildman–Crippen MR) is 382 cm³/mol. The number of amides is 8. The van der Waals surface area contributed by atoms with Crippen LogP contribution < -0.4 is 42.5 Å². The molecule has 0 radical (unpaired) electrons. The Morgan fingerprint density at radius 1 is 0.379 bits per heavy atom. The van der Waals surface area contributed by atoms with Crippen molar-refractivity contribution in [1.82, 2.24) is 63.2 Å². The molecule has 0 aliphatic heterocycles. The van der Waals surface area contributed by atoms with Gasteiger partial charge in [0.25, 0.3) is 23.6 Å². The highest BCUT2D eigenvalue weighted by atomic mass is 16.3. The standard InChI is InChI=1S/C71H92N18O14/c1-83(2)32-14-13-17-50(91)19-15-20-55(93)52-33-45(38-84(52)3)35-56(94)53-34-46(39-85(53)4)36-57(95)65-79-58(41-87(65)6)77-63(98)22-16-29-73-69(101)54-37-49(40-86(54)5)76-70(102)66-81-60(43-89(66)8)82-71(103)67-80-59(42-88(67)7)78-64(99)28-30-72-61(96)27-31-74-68(100)47-23-25-48(26-24-47)75-62(97)21-12-10-9-11-18-51(92)44-90/h23-26,33-34,37-43,90H,9-22,27-32,35-36,44H2,1-8H3,(H,72,96)(H,73,101)(H,74,100)(H,75,97)(H,76,102)(H,77,98)(H,78,99)(H,82,103). The lowest BCUT2D eigenvalue weighted by Crippen LogP contribution is -2.32. The Hall–Kier alpha value is -11.3. The molecule has 7 aromatic rings. The van der Waals surface area contributed by atoms with Crippen molar-refractivity contribution in [3.8, 4) is 0 Å². The van der Waals surface area contributed by atoms with E-state index in [4.69, 9.17) is 5.11 Å². The zero-order valence-corrected chi connectivity index (χ0v) is 59.5. The Kier molecular flexibility index (Phi) is 29.5. The first-order valence-electron chi connectivity index (χ1n) is 34.0. The molecule has 0 aliphatic rings. The summed E-state index contributed by atoms with van der Waals surface area (Å²) in [5.41, 5.74) is 3.38. The lowest BCUT2D eigenvalue weighted by molar-refractivity contribution is -0.122. The summed E-state index contributed by atoms with van der Waals surface area (Å²) < 4.78 is 9.09. The third kappa shape index (κ3) is 24.8. The van der Waals surface area contributed by atoms with Crippen LogP contribution in [0.5, 0.6) is 0 Å². The maximum Gasteiger partial charge on any atom is 0.292 e. The molecule has 0 bridgehead atoms. The summed E-state index contributed by atoms with van der Waals surface area (Å²) in [4.78, 5) is 182. The van der Waals surface area contributed by atoms with Gasteiger partial charge in [0.1, 0.15) is 18.1 Å². The van der Waals surface area contributed by atoms with Crippen molar-refractivity contribution in [3.05, 3.63) is 131 Å². The molecule has 0 fully saturated rings. The van der Waals surface area contributed by atoms with Crippen molar-refractivity contribution in [2.45, 2.75) is 116 Å². The number of aliphatic hydroxyl groups is 1. The molecule has 1 aromatic carbocycles. The molecule has 32 nitrogen and oxygen atoms in total. The van der Waals surface area contributed by atoms with Crippen LogP contribution in [0.15, 0.2) is 79.6 Å². The first-order valence-corrected chi connectivity index (χ1v) is 34.0. The van der Waals surface area contributed by atoms with Crippen molar-refractivity contribution < 1.29 is 67.4 Å². The van der Waals surface area contributed by atoms with E-state index in [2.05, 4.69) is 62.4 Å². The highest BCUT2D eigenvalue weighted by molar-refractivity contribution is 6.06. The fourth-order valence-electron chi connectivity index (χ4n) is 11.2. The molecule has 0 spiro atoms. The highest BCUT2D eigenvalue weighted by Crippen LogP contribution is 2.21. The first kappa shape index (κ1) is 79.1. The number of nitrogens with zero attached hydrogens (tertiary/aromatic N) is 10. The lowest BCUT2D eigenvalue weighted by atomic mass is 10.0. The topological polar surface area (TPSA) is 410 Å². The SMILES string of the molecule is CN(C)CCCCC(=O)CCCC(=O)c1cc(CC(=O)c2cc(CC(=O)c3nc(NC(=O)CCCNC(=O)c4cc(NC(=O)c5nc(NC(=O)c6nc(NC(=O)CCNC(=O)CCNC(=O)c7ccc(NC(=O)CCCCCCC(=O)CO)cc7)cn6C)cn5C)cn4C)cn3C)cn2C)cn1C. The molecule has 32 heteroatoms. The molecule has 9 N–H and O–H groups in total. The number of aryl methyl sites for hydroxylation is 6. The highest BCUT2D eigenvalue weighted by Gasteiger charge is 2.24. The first-order chi connectivity index (χ1) is 49.1. The van der Waals surface area contributed by atoms with Crippen LogP contribution in [0.2, 0.25) is 0 Å². The van der Waals surface area contributed by atoms with E-state index in [0.29, 0.717) is 78.7 Å². The number of hydrogen-bond donors (Lipinski definition) is 9. The summed E-state index contributed by atoms with van der Waals surface area (Å²) in [5, 5.41) is 30.2. The second-order valence-corrected chi connectivity index (χ2v) is 25.6. The molecular formula is C71H92N18O14. The maximum atomic E-state index is 13.5. The number of aromatic nitrogens is 9. The number of ketones is 5. The number of benzene rings is 1. The Bertz CT molecular complexity index is 4240. The predicted octanol–water partition coefficient (Wildman–Crippen LogP) is 5.17. The van der Waals surface area contributed by atoms with Gasteiger partial charge in [-0.3, -0.25) is 62.3 Å². The molecule has 0 saturated heterocycles. The number of unbranched alkanes of at least 4 members (excludes halogenated alkanes) is 4. The summed E-state index contributed by atoms with van der Waals surface area (Å²) in [5.74, 6) is -4.41. The van der Waals surface area contributed by atoms with Crippen molar-refractivity contribution in [2.75, 3.05) is 73.5 Å². The van der Waals surface area contributed by atoms with Crippen LogP contribution in [0.25, 0.3) is 0 Å². The van der Waals surface area contributed by atoms with Gasteiger partial charge in [-0.1, -0.05) is 12.8 Å². The molecule has 103 heavy (non-hydrogen) atoms. The molecule has 0 aliphatic carbocycles. The minimum atomic E-state index is -0.713. The quantitative estimate of drug-likeness (QED) is 0.0176. The van der Waals surface area contributed by atoms with Crippen LogP contribution in [-0.2, 0) is 83.9 Å². The van der Waals surface area contributed by atoms with Gasteiger partial charge < -0.3 is 79.9 Å². The summed E-state index contributed by atoms with van der Waals surface area (Å²) in [6.07, 6.45) is 16.1. The molecular weight excluding hydrogens is 1330 g/mol. The third-order valence-electron chi connectivity index (χ3n) is 16.5. The number of carbonyl (C=O) groups is 13. The summed E-state index contributed by atoms with van der Waals surface area (Å²) in [6, 6.07) is 11.1. The smallest absolute Gasteiger partial charge is 0.292 e. The van der Waals surface area contributed by atoms with Crippen molar-refractivity contribution in [3.63, 3.8) is 0 Å². The second kappa shape index (κ2) is 38.5. The third-order valence-corrected chi connectivity index (χ3v) is 16.5. The van der Waals surface area contributed by atoms with Crippen LogP contribution >= 0.6 is 0 Å². The average molecular weight is 1420 g/mol. The molecule has 0 unspecified atom stereocenters. The fourth-order valence-corrected chi connectivity index (χ4v) is 11.2. The normalized spacial score (nSPS) is 11.1. The molecule has 6 heterocycles. The number of imidazole rings is 3. The summed E-state index contributed by atoms with van der Waals surface area (Å²) >= 11 is 0. The number of nitrogens with one attached hydrogen (secondary N) is 8. The number of anilines is 5. The Morgan fingerprint density at radius 3 is 1.50 bits per heavy atom. The molecule has 550 valence electrons. The van der Waals surface area contributed by atoms with E-state index in [0.717, 1.165) is 32.2 Å². The van der Waals surface area contributed by atoms with Crippen molar-refractivity contribution in [1.29, 1.82) is 0 Å². The van der Waals surface area contributed by atoms with Gasteiger partial charge in [-0.15, -0.1) is 0 Å². The van der Waals surface area contributed by atoms with Gasteiger partial charge >= 0.3 is 0 Å².